The van der Waals surface area contributed by atoms with Crippen LogP contribution in [0.15, 0.2) is 36.4 Å². The summed E-state index contributed by atoms with van der Waals surface area (Å²) >= 11 is 11.7. The molecular weight excluding hydrogens is 403 g/mol. The van der Waals surface area contributed by atoms with Crippen molar-refractivity contribution in [1.29, 1.82) is 0 Å². The number of hydrogen-bond acceptors (Lipinski definition) is 5. The number of halogens is 2. The van der Waals surface area contributed by atoms with E-state index in [1.165, 1.54) is 6.07 Å². The quantitative estimate of drug-likeness (QED) is 0.591. The van der Waals surface area contributed by atoms with Gasteiger partial charge < -0.3 is 19.9 Å². The molecule has 3 rings (SSSR count). The lowest BCUT2D eigenvalue weighted by atomic mass is 10.2. The summed E-state index contributed by atoms with van der Waals surface area (Å²) in [4.78, 5) is 32.3. The van der Waals surface area contributed by atoms with Gasteiger partial charge in [-0.25, -0.2) is 4.98 Å². The Morgan fingerprint density at radius 1 is 1.14 bits per heavy atom. The van der Waals surface area contributed by atoms with Crippen molar-refractivity contribution in [3.8, 4) is 5.75 Å². The van der Waals surface area contributed by atoms with E-state index >= 15 is 0 Å². The lowest BCUT2D eigenvalue weighted by molar-refractivity contribution is -0.134. The fourth-order valence-electron chi connectivity index (χ4n) is 2.97. The fourth-order valence-corrected chi connectivity index (χ4v) is 3.36. The van der Waals surface area contributed by atoms with Gasteiger partial charge in [-0.05, 0) is 24.3 Å². The Bertz CT molecular complexity index is 870. The van der Waals surface area contributed by atoms with Crippen molar-refractivity contribution < 1.29 is 14.3 Å². The van der Waals surface area contributed by atoms with Crippen molar-refractivity contribution in [2.24, 2.45) is 0 Å². The number of pyridine rings is 1. The molecule has 1 saturated heterocycles. The number of rotatable bonds is 5. The number of nitrogens with one attached hydrogen (secondary N) is 1. The third-order valence-corrected chi connectivity index (χ3v) is 4.95. The summed E-state index contributed by atoms with van der Waals surface area (Å²) in [5, 5.41) is 2.90. The number of hydrogen-bond donors (Lipinski definition) is 1. The average molecular weight is 423 g/mol. The minimum Gasteiger partial charge on any atom is -0.497 e. The second kappa shape index (κ2) is 9.12. The van der Waals surface area contributed by atoms with Crippen LogP contribution in [0.1, 0.15) is 6.42 Å². The first kappa shape index (κ1) is 20.2. The standard InChI is InChI=1S/C19H20Cl2N4O3/c1-28-14-4-2-3-13(11-14)24-7-9-25(10-8-24)18(27)12-17(26)22-15-5-6-16(20)23-19(15)21/h2-6,11H,7-10,12H2,1H3,(H,22,26). The summed E-state index contributed by atoms with van der Waals surface area (Å²) in [6, 6.07) is 10.9. The van der Waals surface area contributed by atoms with E-state index in [2.05, 4.69) is 15.2 Å². The van der Waals surface area contributed by atoms with Gasteiger partial charge in [0.05, 0.1) is 12.8 Å². The number of nitrogens with zero attached hydrogens (tertiary/aromatic N) is 3. The molecule has 148 valence electrons. The molecule has 1 N–H and O–H groups in total. The highest BCUT2D eigenvalue weighted by Gasteiger charge is 2.23. The molecule has 0 aliphatic carbocycles. The van der Waals surface area contributed by atoms with Crippen LogP contribution in [-0.2, 0) is 9.59 Å². The minimum absolute atomic E-state index is 0.0835. The van der Waals surface area contributed by atoms with Gasteiger partial charge in [0.1, 0.15) is 17.3 Å². The highest BCUT2D eigenvalue weighted by atomic mass is 35.5. The molecule has 0 radical (unpaired) electrons. The molecule has 1 aliphatic heterocycles. The lowest BCUT2D eigenvalue weighted by Gasteiger charge is -2.36. The van der Waals surface area contributed by atoms with E-state index in [0.29, 0.717) is 31.9 Å². The Balaban J connectivity index is 1.51. The molecule has 1 fully saturated rings. The maximum Gasteiger partial charge on any atom is 0.233 e. The van der Waals surface area contributed by atoms with Crippen molar-refractivity contribution in [2.45, 2.75) is 6.42 Å². The van der Waals surface area contributed by atoms with Crippen LogP contribution in [0.25, 0.3) is 0 Å². The normalized spacial score (nSPS) is 14.0. The van der Waals surface area contributed by atoms with E-state index < -0.39 is 5.91 Å². The van der Waals surface area contributed by atoms with E-state index in [1.54, 1.807) is 18.1 Å². The Kier molecular flexibility index (Phi) is 6.59. The molecule has 1 aliphatic rings. The van der Waals surface area contributed by atoms with Gasteiger partial charge in [-0.15, -0.1) is 0 Å². The number of benzene rings is 1. The van der Waals surface area contributed by atoms with Crippen molar-refractivity contribution in [3.05, 3.63) is 46.7 Å². The Labute approximate surface area is 173 Å². The SMILES string of the molecule is COc1cccc(N2CCN(C(=O)CC(=O)Nc3ccc(Cl)nc3Cl)CC2)c1. The van der Waals surface area contributed by atoms with Crippen LogP contribution >= 0.6 is 23.2 Å². The zero-order valence-corrected chi connectivity index (χ0v) is 16.8. The summed E-state index contributed by atoms with van der Waals surface area (Å²) in [5.74, 6) is 0.134. The van der Waals surface area contributed by atoms with Gasteiger partial charge in [0.15, 0.2) is 5.15 Å². The number of methoxy groups -OCH3 is 1. The monoisotopic (exact) mass is 422 g/mol. The first-order valence-corrected chi connectivity index (χ1v) is 9.50. The number of amides is 2. The van der Waals surface area contributed by atoms with Crippen LogP contribution in [0.5, 0.6) is 5.75 Å². The van der Waals surface area contributed by atoms with Crippen molar-refractivity contribution in [1.82, 2.24) is 9.88 Å². The predicted molar refractivity (Wildman–Crippen MR) is 109 cm³/mol. The molecular formula is C19H20Cl2N4O3. The van der Waals surface area contributed by atoms with Gasteiger partial charge in [0, 0.05) is 37.9 Å². The highest BCUT2D eigenvalue weighted by Crippen LogP contribution is 2.23. The van der Waals surface area contributed by atoms with Gasteiger partial charge in [-0.3, -0.25) is 9.59 Å². The van der Waals surface area contributed by atoms with Crippen LogP contribution in [-0.4, -0.2) is 55.0 Å². The summed E-state index contributed by atoms with van der Waals surface area (Å²) in [6.45, 7) is 2.47. The third kappa shape index (κ3) is 5.05. The van der Waals surface area contributed by atoms with Gasteiger partial charge in [0.25, 0.3) is 0 Å². The Morgan fingerprint density at radius 3 is 2.57 bits per heavy atom. The molecule has 0 unspecified atom stereocenters. The molecule has 1 aromatic heterocycles. The number of carbonyl (C=O) groups is 2. The molecule has 0 saturated carbocycles. The molecule has 0 bridgehead atoms. The zero-order valence-electron chi connectivity index (χ0n) is 15.3. The van der Waals surface area contributed by atoms with Crippen LogP contribution in [0.2, 0.25) is 10.3 Å². The molecule has 7 nitrogen and oxygen atoms in total. The smallest absolute Gasteiger partial charge is 0.233 e. The summed E-state index contributed by atoms with van der Waals surface area (Å²) in [7, 11) is 1.63. The van der Waals surface area contributed by atoms with Crippen LogP contribution < -0.4 is 15.0 Å². The van der Waals surface area contributed by atoms with Gasteiger partial charge in [-0.1, -0.05) is 29.3 Å². The summed E-state index contributed by atoms with van der Waals surface area (Å²) < 4.78 is 5.26. The van der Waals surface area contributed by atoms with Gasteiger partial charge in [-0.2, -0.15) is 0 Å². The third-order valence-electron chi connectivity index (χ3n) is 4.45. The lowest BCUT2D eigenvalue weighted by Crippen LogP contribution is -2.49. The summed E-state index contributed by atoms with van der Waals surface area (Å²) in [5.41, 5.74) is 1.38. The molecule has 2 amide bonds. The topological polar surface area (TPSA) is 74.8 Å². The maximum absolute atomic E-state index is 12.4. The van der Waals surface area contributed by atoms with E-state index in [0.717, 1.165) is 11.4 Å². The average Bonchev–Trinajstić information content (AvgIpc) is 2.70. The largest absolute Gasteiger partial charge is 0.497 e. The molecule has 2 heterocycles. The number of carbonyl (C=O) groups excluding carboxylic acids is 2. The number of aromatic nitrogens is 1. The number of ether oxygens (including phenoxy) is 1. The van der Waals surface area contributed by atoms with Crippen molar-refractivity contribution >= 4 is 46.4 Å². The molecule has 0 atom stereocenters. The van der Waals surface area contributed by atoms with Crippen LogP contribution in [0, 0.1) is 0 Å². The van der Waals surface area contributed by atoms with Gasteiger partial charge in [0.2, 0.25) is 11.8 Å². The second-order valence-corrected chi connectivity index (χ2v) is 7.01. The van der Waals surface area contributed by atoms with Gasteiger partial charge >= 0.3 is 0 Å². The Morgan fingerprint density at radius 2 is 1.89 bits per heavy atom. The van der Waals surface area contributed by atoms with E-state index in [4.69, 9.17) is 27.9 Å². The highest BCUT2D eigenvalue weighted by molar-refractivity contribution is 6.34. The second-order valence-electron chi connectivity index (χ2n) is 6.27. The van der Waals surface area contributed by atoms with E-state index in [1.807, 2.05) is 24.3 Å². The van der Waals surface area contributed by atoms with E-state index in [-0.39, 0.29) is 22.6 Å². The molecule has 28 heavy (non-hydrogen) atoms. The predicted octanol–water partition coefficient (Wildman–Crippen LogP) is 3.07. The first-order chi connectivity index (χ1) is 13.5. The molecule has 1 aromatic carbocycles. The van der Waals surface area contributed by atoms with Crippen molar-refractivity contribution in [2.75, 3.05) is 43.5 Å². The molecule has 9 heteroatoms. The molecule has 0 spiro atoms. The van der Waals surface area contributed by atoms with Crippen molar-refractivity contribution in [3.63, 3.8) is 0 Å². The van der Waals surface area contributed by atoms with Crippen LogP contribution in [0.3, 0.4) is 0 Å². The fraction of sp³-hybridized carbons (Fsp3) is 0.316. The van der Waals surface area contributed by atoms with E-state index in [9.17, 15) is 9.59 Å². The molecule has 2 aromatic rings. The first-order valence-electron chi connectivity index (χ1n) is 8.75. The zero-order chi connectivity index (χ0) is 20.1. The minimum atomic E-state index is -0.439. The summed E-state index contributed by atoms with van der Waals surface area (Å²) in [6.07, 6.45) is -0.252. The number of piperazine rings is 1. The van der Waals surface area contributed by atoms with Crippen LogP contribution in [0.4, 0.5) is 11.4 Å². The Hall–Kier alpha value is -2.51. The number of anilines is 2. The maximum atomic E-state index is 12.4.